The maximum absolute atomic E-state index is 11.5. The third kappa shape index (κ3) is 6.76. The van der Waals surface area contributed by atoms with Gasteiger partial charge in [-0.25, -0.2) is 13.1 Å². The van der Waals surface area contributed by atoms with E-state index in [0.29, 0.717) is 6.42 Å². The maximum Gasteiger partial charge on any atom is 0.321 e. The summed E-state index contributed by atoms with van der Waals surface area (Å²) in [6.45, 7) is 3.40. The van der Waals surface area contributed by atoms with E-state index in [-0.39, 0.29) is 24.7 Å². The van der Waals surface area contributed by atoms with Crippen molar-refractivity contribution in [2.75, 3.05) is 12.4 Å². The van der Waals surface area contributed by atoms with E-state index in [1.54, 1.807) is 0 Å². The van der Waals surface area contributed by atoms with Crippen LogP contribution in [0.1, 0.15) is 26.7 Å². The van der Waals surface area contributed by atoms with Crippen molar-refractivity contribution < 1.29 is 23.4 Å². The minimum atomic E-state index is -3.59. The summed E-state index contributed by atoms with van der Waals surface area (Å²) in [7, 11) is -3.59. The van der Waals surface area contributed by atoms with Crippen LogP contribution in [-0.2, 0) is 14.8 Å². The molecule has 0 spiro atoms. The summed E-state index contributed by atoms with van der Waals surface area (Å²) in [5.41, 5.74) is 0. The number of carbonyl (C=O) groups is 1. The van der Waals surface area contributed by atoms with E-state index in [1.807, 2.05) is 13.8 Å². The van der Waals surface area contributed by atoms with Crippen molar-refractivity contribution in [2.45, 2.75) is 32.7 Å². The van der Waals surface area contributed by atoms with E-state index < -0.39 is 22.0 Å². The largest absolute Gasteiger partial charge is 0.480 e. The van der Waals surface area contributed by atoms with Gasteiger partial charge in [-0.3, -0.25) is 4.79 Å². The summed E-state index contributed by atoms with van der Waals surface area (Å²) in [6.07, 6.45) is 0.344. The first kappa shape index (κ1) is 15.3. The summed E-state index contributed by atoms with van der Waals surface area (Å²) >= 11 is 0. The molecule has 0 aromatic heterocycles. The van der Waals surface area contributed by atoms with Gasteiger partial charge in [0.15, 0.2) is 0 Å². The Hall–Kier alpha value is -0.660. The van der Waals surface area contributed by atoms with Crippen LogP contribution in [0.15, 0.2) is 0 Å². The predicted octanol–water partition coefficient (Wildman–Crippen LogP) is -0.212. The van der Waals surface area contributed by atoms with Crippen molar-refractivity contribution in [1.82, 2.24) is 4.72 Å². The number of carboxylic acids is 1. The number of nitrogens with one attached hydrogen (secondary N) is 1. The van der Waals surface area contributed by atoms with E-state index in [0.717, 1.165) is 0 Å². The Bertz CT molecular complexity index is 312. The Kier molecular flexibility index (Phi) is 6.54. The first-order valence-corrected chi connectivity index (χ1v) is 6.77. The molecule has 0 saturated carbocycles. The van der Waals surface area contributed by atoms with Crippen LogP contribution in [0.2, 0.25) is 0 Å². The quantitative estimate of drug-likeness (QED) is 0.555. The fourth-order valence-corrected chi connectivity index (χ4v) is 2.58. The monoisotopic (exact) mass is 253 g/mol. The van der Waals surface area contributed by atoms with Gasteiger partial charge in [-0.05, 0) is 18.8 Å². The Morgan fingerprint density at radius 1 is 1.31 bits per heavy atom. The van der Waals surface area contributed by atoms with Crippen LogP contribution in [0.4, 0.5) is 0 Å². The molecular weight excluding hydrogens is 234 g/mol. The Labute approximate surface area is 95.7 Å². The number of sulfonamides is 1. The molecule has 0 saturated heterocycles. The van der Waals surface area contributed by atoms with Crippen LogP contribution in [0, 0.1) is 5.92 Å². The molecule has 0 aliphatic rings. The summed E-state index contributed by atoms with van der Waals surface area (Å²) in [6, 6.07) is -1.25. The van der Waals surface area contributed by atoms with Crippen molar-refractivity contribution >= 4 is 16.0 Å². The van der Waals surface area contributed by atoms with Gasteiger partial charge >= 0.3 is 5.97 Å². The fraction of sp³-hybridized carbons (Fsp3) is 0.889. The average molecular weight is 253 g/mol. The molecular formula is C9H19NO5S. The highest BCUT2D eigenvalue weighted by molar-refractivity contribution is 7.89. The lowest BCUT2D eigenvalue weighted by molar-refractivity contribution is -0.139. The molecule has 0 heterocycles. The summed E-state index contributed by atoms with van der Waals surface area (Å²) in [5.74, 6) is -1.14. The van der Waals surface area contributed by atoms with Crippen molar-refractivity contribution in [2.24, 2.45) is 5.92 Å². The molecule has 0 aliphatic carbocycles. The van der Waals surface area contributed by atoms with Gasteiger partial charge < -0.3 is 10.2 Å². The van der Waals surface area contributed by atoms with Crippen molar-refractivity contribution in [3.05, 3.63) is 0 Å². The summed E-state index contributed by atoms with van der Waals surface area (Å²) in [4.78, 5) is 10.7. The molecule has 0 rings (SSSR count). The topological polar surface area (TPSA) is 104 Å². The van der Waals surface area contributed by atoms with Gasteiger partial charge in [0, 0.05) is 6.61 Å². The lowest BCUT2D eigenvalue weighted by Gasteiger charge is -2.14. The first-order valence-electron chi connectivity index (χ1n) is 5.12. The second-order valence-electron chi connectivity index (χ2n) is 4.02. The van der Waals surface area contributed by atoms with Gasteiger partial charge in [-0.2, -0.15) is 0 Å². The average Bonchev–Trinajstić information content (AvgIpc) is 2.14. The van der Waals surface area contributed by atoms with Gasteiger partial charge in [0.1, 0.15) is 6.04 Å². The molecule has 0 radical (unpaired) electrons. The molecule has 16 heavy (non-hydrogen) atoms. The minimum Gasteiger partial charge on any atom is -0.480 e. The molecule has 0 aromatic carbocycles. The van der Waals surface area contributed by atoms with Gasteiger partial charge in [-0.1, -0.05) is 13.8 Å². The van der Waals surface area contributed by atoms with Crippen molar-refractivity contribution in [1.29, 1.82) is 0 Å². The molecule has 0 amide bonds. The van der Waals surface area contributed by atoms with Gasteiger partial charge in [0.2, 0.25) is 10.0 Å². The van der Waals surface area contributed by atoms with E-state index >= 15 is 0 Å². The fourth-order valence-electron chi connectivity index (χ4n) is 1.03. The highest BCUT2D eigenvalue weighted by atomic mass is 32.2. The zero-order valence-corrected chi connectivity index (χ0v) is 10.3. The molecule has 0 fully saturated rings. The van der Waals surface area contributed by atoms with Gasteiger partial charge in [-0.15, -0.1) is 0 Å². The Balaban J connectivity index is 4.36. The first-order chi connectivity index (χ1) is 7.28. The lowest BCUT2D eigenvalue weighted by atomic mass is 10.2. The van der Waals surface area contributed by atoms with Crippen molar-refractivity contribution in [3.63, 3.8) is 0 Å². The zero-order valence-electron chi connectivity index (χ0n) is 9.51. The molecule has 0 unspecified atom stereocenters. The summed E-state index contributed by atoms with van der Waals surface area (Å²) in [5, 5.41) is 17.3. The maximum atomic E-state index is 11.5. The van der Waals surface area contributed by atoms with Crippen LogP contribution >= 0.6 is 0 Å². The molecule has 1 atom stereocenters. The van der Waals surface area contributed by atoms with E-state index in [2.05, 4.69) is 4.72 Å². The third-order valence-corrected chi connectivity index (χ3v) is 3.42. The number of aliphatic hydroxyl groups excluding tert-OH is 1. The van der Waals surface area contributed by atoms with E-state index in [9.17, 15) is 13.2 Å². The Morgan fingerprint density at radius 2 is 1.88 bits per heavy atom. The predicted molar refractivity (Wildman–Crippen MR) is 59.5 cm³/mol. The minimum absolute atomic E-state index is 0.0973. The third-order valence-electron chi connectivity index (χ3n) is 2.00. The highest BCUT2D eigenvalue weighted by Gasteiger charge is 2.23. The van der Waals surface area contributed by atoms with E-state index in [1.165, 1.54) is 0 Å². The van der Waals surface area contributed by atoms with Crippen LogP contribution < -0.4 is 4.72 Å². The molecule has 96 valence electrons. The van der Waals surface area contributed by atoms with Gasteiger partial charge in [0.25, 0.3) is 0 Å². The summed E-state index contributed by atoms with van der Waals surface area (Å²) < 4.78 is 25.0. The van der Waals surface area contributed by atoms with E-state index in [4.69, 9.17) is 10.2 Å². The molecule has 7 heteroatoms. The lowest BCUT2D eigenvalue weighted by Crippen LogP contribution is -2.42. The zero-order chi connectivity index (χ0) is 12.8. The van der Waals surface area contributed by atoms with Crippen molar-refractivity contribution in [3.8, 4) is 0 Å². The SMILES string of the molecule is CC(C)CCS(=O)(=O)N[C@@H](CCO)C(=O)O. The second kappa shape index (κ2) is 6.82. The molecule has 0 aromatic rings. The number of hydrogen-bond donors (Lipinski definition) is 3. The Morgan fingerprint density at radius 3 is 2.25 bits per heavy atom. The number of aliphatic hydroxyl groups is 1. The van der Waals surface area contributed by atoms with Gasteiger partial charge in [0.05, 0.1) is 5.75 Å². The molecule has 0 bridgehead atoms. The van der Waals surface area contributed by atoms with Crippen LogP contribution in [-0.4, -0.2) is 43.0 Å². The molecule has 6 nitrogen and oxygen atoms in total. The van der Waals surface area contributed by atoms with Crippen LogP contribution in [0.25, 0.3) is 0 Å². The molecule has 0 aliphatic heterocycles. The number of carboxylic acid groups (broad SMARTS) is 1. The van der Waals surface area contributed by atoms with Crippen LogP contribution in [0.3, 0.4) is 0 Å². The number of hydrogen-bond acceptors (Lipinski definition) is 4. The second-order valence-corrected chi connectivity index (χ2v) is 5.90. The number of rotatable bonds is 8. The normalized spacial score (nSPS) is 14.0. The van der Waals surface area contributed by atoms with Crippen LogP contribution in [0.5, 0.6) is 0 Å². The molecule has 3 N–H and O–H groups in total. The number of aliphatic carboxylic acids is 1. The standard InChI is InChI=1S/C9H19NO5S/c1-7(2)4-6-16(14,15)10-8(3-5-11)9(12)13/h7-8,10-11H,3-6H2,1-2H3,(H,12,13)/t8-/m0/s1. The smallest absolute Gasteiger partial charge is 0.321 e. The highest BCUT2D eigenvalue weighted by Crippen LogP contribution is 2.03.